The first-order valence-corrected chi connectivity index (χ1v) is 9.82. The van der Waals surface area contributed by atoms with Crippen LogP contribution in [0.15, 0.2) is 30.5 Å². The van der Waals surface area contributed by atoms with E-state index < -0.39 is 0 Å². The minimum atomic E-state index is -0.182. The first-order chi connectivity index (χ1) is 13.6. The molecule has 1 fully saturated rings. The molecule has 1 saturated heterocycles. The molecule has 0 saturated carbocycles. The summed E-state index contributed by atoms with van der Waals surface area (Å²) < 4.78 is 1.93. The van der Waals surface area contributed by atoms with Gasteiger partial charge in [0.15, 0.2) is 5.65 Å². The first kappa shape index (κ1) is 18.3. The van der Waals surface area contributed by atoms with E-state index in [0.717, 1.165) is 43.1 Å². The SMILES string of the molecule is CC(C)c1cc(C(=O)NCCc2nnc3ccccn23)nc(N2CCCC2)n1. The van der Waals surface area contributed by atoms with Crippen LogP contribution in [0.3, 0.4) is 0 Å². The normalized spacial score (nSPS) is 14.2. The maximum atomic E-state index is 12.7. The van der Waals surface area contributed by atoms with Gasteiger partial charge in [0.1, 0.15) is 11.5 Å². The average Bonchev–Trinajstić information content (AvgIpc) is 3.38. The molecule has 1 N–H and O–H groups in total. The maximum absolute atomic E-state index is 12.7. The van der Waals surface area contributed by atoms with Gasteiger partial charge in [-0.1, -0.05) is 19.9 Å². The molecule has 1 amide bonds. The van der Waals surface area contributed by atoms with Crippen molar-refractivity contribution < 1.29 is 4.79 Å². The fourth-order valence-corrected chi connectivity index (χ4v) is 3.36. The van der Waals surface area contributed by atoms with Crippen molar-refractivity contribution in [3.63, 3.8) is 0 Å². The number of anilines is 1. The van der Waals surface area contributed by atoms with Crippen LogP contribution in [-0.4, -0.2) is 50.1 Å². The van der Waals surface area contributed by atoms with E-state index >= 15 is 0 Å². The number of fused-ring (bicyclic) bond motifs is 1. The molecular formula is C20H25N7O. The van der Waals surface area contributed by atoms with E-state index in [0.29, 0.717) is 24.6 Å². The number of nitrogens with one attached hydrogen (secondary N) is 1. The third-order valence-electron chi connectivity index (χ3n) is 4.97. The van der Waals surface area contributed by atoms with Crippen molar-refractivity contribution >= 4 is 17.5 Å². The molecule has 3 aromatic rings. The van der Waals surface area contributed by atoms with Gasteiger partial charge in [0.25, 0.3) is 5.91 Å². The number of rotatable bonds is 6. The van der Waals surface area contributed by atoms with Crippen molar-refractivity contribution in [2.45, 2.75) is 39.0 Å². The summed E-state index contributed by atoms with van der Waals surface area (Å²) in [5.74, 6) is 1.54. The quantitative estimate of drug-likeness (QED) is 0.706. The molecule has 0 atom stereocenters. The van der Waals surface area contributed by atoms with Crippen LogP contribution in [0.4, 0.5) is 5.95 Å². The number of aromatic nitrogens is 5. The summed E-state index contributed by atoms with van der Waals surface area (Å²) in [5.41, 5.74) is 2.12. The van der Waals surface area contributed by atoms with Gasteiger partial charge in [-0.3, -0.25) is 9.20 Å². The molecule has 0 unspecified atom stereocenters. The number of hydrogen-bond donors (Lipinski definition) is 1. The second kappa shape index (κ2) is 7.92. The number of hydrogen-bond acceptors (Lipinski definition) is 6. The largest absolute Gasteiger partial charge is 0.350 e. The molecule has 3 aromatic heterocycles. The molecule has 8 heteroatoms. The Morgan fingerprint density at radius 2 is 2.00 bits per heavy atom. The van der Waals surface area contributed by atoms with E-state index in [-0.39, 0.29) is 11.8 Å². The third kappa shape index (κ3) is 3.81. The van der Waals surface area contributed by atoms with Gasteiger partial charge in [-0.2, -0.15) is 0 Å². The van der Waals surface area contributed by atoms with E-state index in [4.69, 9.17) is 0 Å². The lowest BCUT2D eigenvalue weighted by molar-refractivity contribution is 0.0948. The summed E-state index contributed by atoms with van der Waals surface area (Å²) in [4.78, 5) is 24.1. The molecule has 28 heavy (non-hydrogen) atoms. The molecule has 4 rings (SSSR count). The molecule has 8 nitrogen and oxygen atoms in total. The smallest absolute Gasteiger partial charge is 0.270 e. The topological polar surface area (TPSA) is 88.3 Å². The second-order valence-corrected chi connectivity index (χ2v) is 7.38. The summed E-state index contributed by atoms with van der Waals surface area (Å²) in [7, 11) is 0. The minimum absolute atomic E-state index is 0.182. The Kier molecular flexibility index (Phi) is 5.18. The number of carbonyl (C=O) groups is 1. The summed E-state index contributed by atoms with van der Waals surface area (Å²) in [6.07, 6.45) is 4.80. The molecule has 0 aromatic carbocycles. The number of carbonyl (C=O) groups excluding carboxylic acids is 1. The van der Waals surface area contributed by atoms with Crippen LogP contribution in [0.2, 0.25) is 0 Å². The lowest BCUT2D eigenvalue weighted by atomic mass is 10.1. The Balaban J connectivity index is 1.46. The van der Waals surface area contributed by atoms with Gasteiger partial charge in [-0.05, 0) is 37.0 Å². The van der Waals surface area contributed by atoms with Crippen molar-refractivity contribution in [2.75, 3.05) is 24.5 Å². The van der Waals surface area contributed by atoms with Gasteiger partial charge >= 0.3 is 0 Å². The zero-order chi connectivity index (χ0) is 19.5. The van der Waals surface area contributed by atoms with Crippen LogP contribution in [0.5, 0.6) is 0 Å². The van der Waals surface area contributed by atoms with Crippen molar-refractivity contribution in [1.82, 2.24) is 29.9 Å². The average molecular weight is 379 g/mol. The molecular weight excluding hydrogens is 354 g/mol. The van der Waals surface area contributed by atoms with E-state index in [2.05, 4.69) is 44.2 Å². The van der Waals surface area contributed by atoms with Crippen LogP contribution in [0.25, 0.3) is 5.65 Å². The highest BCUT2D eigenvalue weighted by Crippen LogP contribution is 2.20. The van der Waals surface area contributed by atoms with Gasteiger partial charge in [0, 0.05) is 37.9 Å². The Morgan fingerprint density at radius 3 is 2.79 bits per heavy atom. The van der Waals surface area contributed by atoms with Crippen LogP contribution in [-0.2, 0) is 6.42 Å². The maximum Gasteiger partial charge on any atom is 0.270 e. The molecule has 0 spiro atoms. The predicted octanol–water partition coefficient (Wildman–Crippen LogP) is 2.22. The van der Waals surface area contributed by atoms with E-state index in [9.17, 15) is 4.79 Å². The van der Waals surface area contributed by atoms with Gasteiger partial charge in [-0.15, -0.1) is 10.2 Å². The molecule has 1 aliphatic heterocycles. The number of nitrogens with zero attached hydrogens (tertiary/aromatic N) is 6. The molecule has 146 valence electrons. The fourth-order valence-electron chi connectivity index (χ4n) is 3.36. The summed E-state index contributed by atoms with van der Waals surface area (Å²) in [6, 6.07) is 7.57. The molecule has 0 bridgehead atoms. The van der Waals surface area contributed by atoms with E-state index in [1.807, 2.05) is 28.8 Å². The minimum Gasteiger partial charge on any atom is -0.350 e. The zero-order valence-electron chi connectivity index (χ0n) is 16.3. The molecule has 0 aliphatic carbocycles. The Morgan fingerprint density at radius 1 is 1.18 bits per heavy atom. The lowest BCUT2D eigenvalue weighted by Crippen LogP contribution is -2.29. The third-order valence-corrected chi connectivity index (χ3v) is 4.97. The first-order valence-electron chi connectivity index (χ1n) is 9.82. The predicted molar refractivity (Wildman–Crippen MR) is 107 cm³/mol. The number of amides is 1. The lowest BCUT2D eigenvalue weighted by Gasteiger charge is -2.18. The van der Waals surface area contributed by atoms with Gasteiger partial charge in [0.05, 0.1) is 0 Å². The monoisotopic (exact) mass is 379 g/mol. The van der Waals surface area contributed by atoms with Crippen molar-refractivity contribution in [3.05, 3.63) is 47.7 Å². The van der Waals surface area contributed by atoms with Crippen molar-refractivity contribution in [2.24, 2.45) is 0 Å². The van der Waals surface area contributed by atoms with Gasteiger partial charge in [-0.25, -0.2) is 9.97 Å². The Labute approximate surface area is 164 Å². The van der Waals surface area contributed by atoms with Crippen LogP contribution >= 0.6 is 0 Å². The number of pyridine rings is 1. The van der Waals surface area contributed by atoms with Crippen LogP contribution in [0, 0.1) is 0 Å². The Hall–Kier alpha value is -3.03. The molecule has 0 radical (unpaired) electrons. The van der Waals surface area contributed by atoms with Crippen molar-refractivity contribution in [3.8, 4) is 0 Å². The Bertz CT molecular complexity index is 976. The summed E-state index contributed by atoms with van der Waals surface area (Å²) in [5, 5.41) is 11.3. The zero-order valence-corrected chi connectivity index (χ0v) is 16.3. The van der Waals surface area contributed by atoms with Crippen LogP contribution in [0.1, 0.15) is 54.6 Å². The summed E-state index contributed by atoms with van der Waals surface area (Å²) in [6.45, 7) is 6.52. The van der Waals surface area contributed by atoms with E-state index in [1.54, 1.807) is 6.07 Å². The standard InChI is InChI=1S/C20H25N7O/c1-14(2)15-13-16(23-20(22-15)26-10-5-6-11-26)19(28)21-9-8-18-25-24-17-7-3-4-12-27(17)18/h3-4,7,12-14H,5-6,8-11H2,1-2H3,(H,21,28). The summed E-state index contributed by atoms with van der Waals surface area (Å²) >= 11 is 0. The highest BCUT2D eigenvalue weighted by molar-refractivity contribution is 5.92. The second-order valence-electron chi connectivity index (χ2n) is 7.38. The van der Waals surface area contributed by atoms with Crippen molar-refractivity contribution in [1.29, 1.82) is 0 Å². The highest BCUT2D eigenvalue weighted by atomic mass is 16.1. The van der Waals surface area contributed by atoms with E-state index in [1.165, 1.54) is 0 Å². The molecule has 4 heterocycles. The van der Waals surface area contributed by atoms with Gasteiger partial charge in [0.2, 0.25) is 5.95 Å². The van der Waals surface area contributed by atoms with Gasteiger partial charge < -0.3 is 10.2 Å². The highest BCUT2D eigenvalue weighted by Gasteiger charge is 2.19. The fraction of sp³-hybridized carbons (Fsp3) is 0.450. The van der Waals surface area contributed by atoms with Crippen LogP contribution < -0.4 is 10.2 Å². The molecule has 1 aliphatic rings.